The number of esters is 1. The second-order valence-electron chi connectivity index (χ2n) is 4.80. The third-order valence-electron chi connectivity index (χ3n) is 2.50. The highest BCUT2D eigenvalue weighted by Crippen LogP contribution is 2.07. The smallest absolute Gasteiger partial charge is 0.310 e. The molecular weight excluding hydrogens is 224 g/mol. The summed E-state index contributed by atoms with van der Waals surface area (Å²) in [5.41, 5.74) is 0.882. The van der Waals surface area contributed by atoms with Crippen LogP contribution in [0.4, 0.5) is 0 Å². The summed E-state index contributed by atoms with van der Waals surface area (Å²) in [6.07, 6.45) is 8.15. The molecule has 0 fully saturated rings. The van der Waals surface area contributed by atoms with Crippen LogP contribution in [0.25, 0.3) is 0 Å². The van der Waals surface area contributed by atoms with Crippen molar-refractivity contribution in [3.8, 4) is 11.8 Å². The lowest BCUT2D eigenvalue weighted by molar-refractivity contribution is -0.139. The highest BCUT2D eigenvalue weighted by atomic mass is 16.5. The minimum Gasteiger partial charge on any atom is -0.469 e. The first kappa shape index (κ1) is 16.8. The van der Waals surface area contributed by atoms with Crippen LogP contribution in [0.5, 0.6) is 0 Å². The molecule has 0 aromatic heterocycles. The maximum absolute atomic E-state index is 11.2. The van der Waals surface area contributed by atoms with Gasteiger partial charge in [0, 0.05) is 12.0 Å². The van der Waals surface area contributed by atoms with Crippen molar-refractivity contribution in [2.75, 3.05) is 7.11 Å². The van der Waals surface area contributed by atoms with Crippen LogP contribution in [0.1, 0.15) is 59.3 Å². The molecule has 0 radical (unpaired) electrons. The number of unbranched alkanes of at least 4 members (excludes halogenated alkanes) is 4. The summed E-state index contributed by atoms with van der Waals surface area (Å²) >= 11 is 0. The van der Waals surface area contributed by atoms with Crippen molar-refractivity contribution >= 4 is 5.97 Å². The SMILES string of the molecule is CCCCCCC#C/C(=C\C(C)C)CC(=O)OC. The fourth-order valence-electron chi connectivity index (χ4n) is 1.59. The Bertz CT molecular complexity index is 316. The molecule has 0 unspecified atom stereocenters. The van der Waals surface area contributed by atoms with Crippen LogP contribution in [0.3, 0.4) is 0 Å². The average molecular weight is 250 g/mol. The van der Waals surface area contributed by atoms with Crippen molar-refractivity contribution in [1.29, 1.82) is 0 Å². The number of hydrogen-bond acceptors (Lipinski definition) is 2. The Morgan fingerprint density at radius 2 is 2.00 bits per heavy atom. The Kier molecular flexibility index (Phi) is 10.2. The first-order valence-electron chi connectivity index (χ1n) is 6.86. The summed E-state index contributed by atoms with van der Waals surface area (Å²) in [5, 5.41) is 0. The van der Waals surface area contributed by atoms with Crippen molar-refractivity contribution in [1.82, 2.24) is 0 Å². The van der Waals surface area contributed by atoms with Gasteiger partial charge in [0.15, 0.2) is 0 Å². The van der Waals surface area contributed by atoms with Gasteiger partial charge in [-0.25, -0.2) is 0 Å². The number of rotatable bonds is 7. The van der Waals surface area contributed by atoms with E-state index in [4.69, 9.17) is 0 Å². The molecule has 2 nitrogen and oxygen atoms in total. The molecule has 0 aromatic carbocycles. The van der Waals surface area contributed by atoms with Crippen molar-refractivity contribution in [3.63, 3.8) is 0 Å². The first-order chi connectivity index (χ1) is 8.60. The Balaban J connectivity index is 4.24. The number of hydrogen-bond donors (Lipinski definition) is 0. The van der Waals surface area contributed by atoms with Gasteiger partial charge in [-0.1, -0.05) is 58.0 Å². The fraction of sp³-hybridized carbons (Fsp3) is 0.688. The normalized spacial score (nSPS) is 11.1. The highest BCUT2D eigenvalue weighted by Gasteiger charge is 2.04. The molecule has 0 amide bonds. The van der Waals surface area contributed by atoms with E-state index in [1.807, 2.05) is 6.08 Å². The predicted octanol–water partition coefficient (Wildman–Crippen LogP) is 4.11. The molecule has 0 atom stereocenters. The van der Waals surface area contributed by atoms with E-state index >= 15 is 0 Å². The van der Waals surface area contributed by atoms with E-state index in [-0.39, 0.29) is 12.4 Å². The van der Waals surface area contributed by atoms with Gasteiger partial charge in [-0.3, -0.25) is 4.79 Å². The zero-order chi connectivity index (χ0) is 13.8. The topological polar surface area (TPSA) is 26.3 Å². The molecule has 0 N–H and O–H groups in total. The van der Waals surface area contributed by atoms with Gasteiger partial charge in [-0.05, 0) is 12.3 Å². The van der Waals surface area contributed by atoms with E-state index in [0.29, 0.717) is 5.92 Å². The fourth-order valence-corrected chi connectivity index (χ4v) is 1.59. The summed E-state index contributed by atoms with van der Waals surface area (Å²) in [4.78, 5) is 11.2. The lowest BCUT2D eigenvalue weighted by Crippen LogP contribution is -2.01. The molecule has 0 aliphatic heterocycles. The Morgan fingerprint density at radius 3 is 2.56 bits per heavy atom. The summed E-state index contributed by atoms with van der Waals surface area (Å²) in [6, 6.07) is 0. The number of allylic oxidation sites excluding steroid dienone is 1. The number of ether oxygens (including phenoxy) is 1. The zero-order valence-electron chi connectivity index (χ0n) is 12.2. The maximum atomic E-state index is 11.2. The lowest BCUT2D eigenvalue weighted by Gasteiger charge is -2.01. The second-order valence-corrected chi connectivity index (χ2v) is 4.80. The molecular formula is C16H26O2. The van der Waals surface area contributed by atoms with E-state index in [1.165, 1.54) is 26.4 Å². The summed E-state index contributed by atoms with van der Waals surface area (Å²) in [6.45, 7) is 6.37. The van der Waals surface area contributed by atoms with Gasteiger partial charge in [0.1, 0.15) is 0 Å². The van der Waals surface area contributed by atoms with Crippen LogP contribution in [0.2, 0.25) is 0 Å². The second kappa shape index (κ2) is 10.9. The van der Waals surface area contributed by atoms with E-state index in [0.717, 1.165) is 18.4 Å². The van der Waals surface area contributed by atoms with E-state index < -0.39 is 0 Å². The molecule has 0 saturated carbocycles. The molecule has 18 heavy (non-hydrogen) atoms. The Morgan fingerprint density at radius 1 is 1.28 bits per heavy atom. The highest BCUT2D eigenvalue weighted by molar-refractivity contribution is 5.73. The van der Waals surface area contributed by atoms with Crippen molar-refractivity contribution in [3.05, 3.63) is 11.6 Å². The van der Waals surface area contributed by atoms with Crippen LogP contribution in [0, 0.1) is 17.8 Å². The number of methoxy groups -OCH3 is 1. The number of carbonyl (C=O) groups is 1. The van der Waals surface area contributed by atoms with Crippen molar-refractivity contribution < 1.29 is 9.53 Å². The van der Waals surface area contributed by atoms with E-state index in [2.05, 4.69) is 37.3 Å². The van der Waals surface area contributed by atoms with Crippen molar-refractivity contribution in [2.45, 2.75) is 59.3 Å². The van der Waals surface area contributed by atoms with Gasteiger partial charge in [0.25, 0.3) is 0 Å². The van der Waals surface area contributed by atoms with Crippen LogP contribution in [-0.2, 0) is 9.53 Å². The Hall–Kier alpha value is -1.23. The quantitative estimate of drug-likeness (QED) is 0.386. The molecule has 0 spiro atoms. The van der Waals surface area contributed by atoms with Gasteiger partial charge >= 0.3 is 5.97 Å². The molecule has 0 rings (SSSR count). The summed E-state index contributed by atoms with van der Waals surface area (Å²) in [7, 11) is 1.41. The van der Waals surface area contributed by atoms with E-state index in [9.17, 15) is 4.79 Å². The first-order valence-corrected chi connectivity index (χ1v) is 6.86. The minimum atomic E-state index is -0.220. The molecule has 0 saturated heterocycles. The summed E-state index contributed by atoms with van der Waals surface area (Å²) in [5.74, 6) is 6.44. The van der Waals surface area contributed by atoms with Crippen molar-refractivity contribution in [2.24, 2.45) is 5.92 Å². The molecule has 0 aliphatic carbocycles. The molecule has 0 heterocycles. The molecule has 0 bridgehead atoms. The van der Waals surface area contributed by atoms with E-state index in [1.54, 1.807) is 0 Å². The van der Waals surface area contributed by atoms with Crippen LogP contribution in [0.15, 0.2) is 11.6 Å². The summed E-state index contributed by atoms with van der Waals surface area (Å²) < 4.78 is 4.67. The van der Waals surface area contributed by atoms with Gasteiger partial charge in [-0.2, -0.15) is 0 Å². The Labute approximate surface area is 112 Å². The van der Waals surface area contributed by atoms with Gasteiger partial charge in [0.05, 0.1) is 13.5 Å². The predicted molar refractivity (Wildman–Crippen MR) is 76.1 cm³/mol. The average Bonchev–Trinajstić information content (AvgIpc) is 2.32. The van der Waals surface area contributed by atoms with Crippen LogP contribution >= 0.6 is 0 Å². The zero-order valence-corrected chi connectivity index (χ0v) is 12.2. The molecule has 0 aliphatic rings. The van der Waals surface area contributed by atoms with Crippen LogP contribution < -0.4 is 0 Å². The largest absolute Gasteiger partial charge is 0.469 e. The third-order valence-corrected chi connectivity index (χ3v) is 2.50. The van der Waals surface area contributed by atoms with Gasteiger partial charge < -0.3 is 4.74 Å². The molecule has 0 aromatic rings. The monoisotopic (exact) mass is 250 g/mol. The van der Waals surface area contributed by atoms with Crippen LogP contribution in [-0.4, -0.2) is 13.1 Å². The third kappa shape index (κ3) is 9.96. The molecule has 2 heteroatoms. The molecule has 102 valence electrons. The van der Waals surface area contributed by atoms with Gasteiger partial charge in [0.2, 0.25) is 0 Å². The standard InChI is InChI=1S/C16H26O2/c1-5-6-7-8-9-10-11-15(12-14(2)3)13-16(17)18-4/h12,14H,5-9,13H2,1-4H3/b15-12+. The lowest BCUT2D eigenvalue weighted by atomic mass is 10.1. The van der Waals surface area contributed by atoms with Gasteiger partial charge in [-0.15, -0.1) is 0 Å². The minimum absolute atomic E-state index is 0.220. The number of carbonyl (C=O) groups excluding carboxylic acids is 1. The maximum Gasteiger partial charge on any atom is 0.310 e.